The predicted octanol–water partition coefficient (Wildman–Crippen LogP) is 4.53. The van der Waals surface area contributed by atoms with Crippen molar-refractivity contribution in [3.8, 4) is 0 Å². The highest BCUT2D eigenvalue weighted by molar-refractivity contribution is 7.99. The van der Waals surface area contributed by atoms with Gasteiger partial charge in [-0.3, -0.25) is 9.59 Å². The number of halogens is 1. The Hall–Kier alpha value is -3.19. The molecule has 29 heavy (non-hydrogen) atoms. The molecular weight excluding hydrogens is 389 g/mol. The zero-order valence-corrected chi connectivity index (χ0v) is 16.5. The van der Waals surface area contributed by atoms with Crippen molar-refractivity contribution in [2.75, 3.05) is 16.8 Å². The Morgan fingerprint density at radius 2 is 1.97 bits per heavy atom. The minimum atomic E-state index is -0.333. The van der Waals surface area contributed by atoms with Crippen molar-refractivity contribution in [2.24, 2.45) is 0 Å². The maximum Gasteiger partial charge on any atom is 0.261 e. The maximum absolute atomic E-state index is 13.0. The van der Waals surface area contributed by atoms with Crippen LogP contribution < -0.4 is 10.2 Å². The van der Waals surface area contributed by atoms with Crippen LogP contribution >= 0.6 is 11.8 Å². The third kappa shape index (κ3) is 4.00. The fourth-order valence-corrected chi connectivity index (χ4v) is 4.25. The average molecular weight is 407 g/mol. The standard InChI is InChI=1S/C22H18FN3O2S/c1-2-26-18-10-9-16(25-20(27)12-14-5-7-15(23)8-6-14)13-19(18)29-21-17(22(26)28)4-3-11-24-21/h3-11,13H,2,12H2,1H3,(H,25,27). The van der Waals surface area contributed by atoms with Crippen LogP contribution in [0.2, 0.25) is 0 Å². The van der Waals surface area contributed by atoms with Crippen LogP contribution in [0.25, 0.3) is 0 Å². The lowest BCUT2D eigenvalue weighted by molar-refractivity contribution is -0.115. The number of nitrogens with zero attached hydrogens (tertiary/aromatic N) is 2. The minimum absolute atomic E-state index is 0.0880. The Morgan fingerprint density at radius 3 is 2.72 bits per heavy atom. The van der Waals surface area contributed by atoms with Crippen LogP contribution in [0.15, 0.2) is 70.7 Å². The summed E-state index contributed by atoms with van der Waals surface area (Å²) in [6, 6.07) is 14.8. The van der Waals surface area contributed by atoms with Gasteiger partial charge in [-0.15, -0.1) is 0 Å². The Kier molecular flexibility index (Phi) is 5.31. The van der Waals surface area contributed by atoms with Gasteiger partial charge in [-0.2, -0.15) is 0 Å². The molecule has 5 nitrogen and oxygen atoms in total. The molecule has 0 spiro atoms. The van der Waals surface area contributed by atoms with Crippen LogP contribution in [0.3, 0.4) is 0 Å². The molecule has 2 aromatic carbocycles. The fraction of sp³-hybridized carbons (Fsp3) is 0.136. The zero-order chi connectivity index (χ0) is 20.4. The number of nitrogens with one attached hydrogen (secondary N) is 1. The van der Waals surface area contributed by atoms with Crippen molar-refractivity contribution in [3.63, 3.8) is 0 Å². The summed E-state index contributed by atoms with van der Waals surface area (Å²) in [7, 11) is 0. The number of carbonyl (C=O) groups excluding carboxylic acids is 2. The molecule has 0 fully saturated rings. The first-order valence-corrected chi connectivity index (χ1v) is 10.00. The highest BCUT2D eigenvalue weighted by Gasteiger charge is 2.27. The second kappa shape index (κ2) is 8.05. The second-order valence-corrected chi connectivity index (χ2v) is 7.57. The van der Waals surface area contributed by atoms with Gasteiger partial charge in [0.25, 0.3) is 5.91 Å². The molecule has 2 amide bonds. The van der Waals surface area contributed by atoms with Gasteiger partial charge in [-0.05, 0) is 55.0 Å². The van der Waals surface area contributed by atoms with E-state index in [1.54, 1.807) is 41.4 Å². The molecule has 0 radical (unpaired) electrons. The van der Waals surface area contributed by atoms with E-state index in [0.29, 0.717) is 22.8 Å². The van der Waals surface area contributed by atoms with Gasteiger partial charge < -0.3 is 10.2 Å². The van der Waals surface area contributed by atoms with Gasteiger partial charge in [0.15, 0.2) is 0 Å². The van der Waals surface area contributed by atoms with E-state index in [1.807, 2.05) is 19.1 Å². The van der Waals surface area contributed by atoms with Crippen LogP contribution in [0.1, 0.15) is 22.8 Å². The number of rotatable bonds is 4. The molecule has 2 heterocycles. The lowest BCUT2D eigenvalue weighted by Crippen LogP contribution is -2.30. The number of carbonyl (C=O) groups is 2. The maximum atomic E-state index is 13.0. The molecule has 1 N–H and O–H groups in total. The number of anilines is 2. The van der Waals surface area contributed by atoms with Crippen molar-refractivity contribution in [2.45, 2.75) is 23.3 Å². The average Bonchev–Trinajstić information content (AvgIpc) is 2.83. The molecule has 3 aromatic rings. The summed E-state index contributed by atoms with van der Waals surface area (Å²) >= 11 is 1.41. The number of hydrogen-bond acceptors (Lipinski definition) is 4. The molecule has 146 valence electrons. The zero-order valence-electron chi connectivity index (χ0n) is 15.7. The number of hydrogen-bond donors (Lipinski definition) is 1. The van der Waals surface area contributed by atoms with Crippen molar-refractivity contribution < 1.29 is 14.0 Å². The van der Waals surface area contributed by atoms with Gasteiger partial charge in [0, 0.05) is 23.3 Å². The van der Waals surface area contributed by atoms with E-state index < -0.39 is 0 Å². The number of pyridine rings is 1. The first-order valence-electron chi connectivity index (χ1n) is 9.18. The molecule has 0 saturated carbocycles. The normalized spacial score (nSPS) is 12.8. The quantitative estimate of drug-likeness (QED) is 0.690. The van der Waals surface area contributed by atoms with Crippen LogP contribution in [-0.4, -0.2) is 23.3 Å². The molecule has 4 rings (SSSR count). The van der Waals surface area contributed by atoms with Crippen LogP contribution in [-0.2, 0) is 11.2 Å². The predicted molar refractivity (Wildman–Crippen MR) is 111 cm³/mol. The van der Waals surface area contributed by atoms with Crippen LogP contribution in [0.4, 0.5) is 15.8 Å². The van der Waals surface area contributed by atoms with E-state index >= 15 is 0 Å². The Morgan fingerprint density at radius 1 is 1.17 bits per heavy atom. The Bertz CT molecular complexity index is 1090. The minimum Gasteiger partial charge on any atom is -0.326 e. The number of amides is 2. The van der Waals surface area contributed by atoms with Crippen molar-refractivity contribution in [1.82, 2.24) is 4.98 Å². The smallest absolute Gasteiger partial charge is 0.261 e. The molecule has 1 aromatic heterocycles. The largest absolute Gasteiger partial charge is 0.326 e. The van der Waals surface area contributed by atoms with E-state index in [1.165, 1.54) is 23.9 Å². The van der Waals surface area contributed by atoms with Gasteiger partial charge >= 0.3 is 0 Å². The Labute approximate surface area is 172 Å². The molecule has 0 unspecified atom stereocenters. The summed E-state index contributed by atoms with van der Waals surface area (Å²) in [5.74, 6) is -0.618. The van der Waals surface area contributed by atoms with Gasteiger partial charge in [-0.25, -0.2) is 9.37 Å². The Balaban J connectivity index is 1.59. The monoisotopic (exact) mass is 407 g/mol. The summed E-state index contributed by atoms with van der Waals surface area (Å²) in [5, 5.41) is 3.52. The van der Waals surface area contributed by atoms with Crippen LogP contribution in [0, 0.1) is 5.82 Å². The molecule has 0 bridgehead atoms. The molecule has 0 aliphatic carbocycles. The highest BCUT2D eigenvalue weighted by Crippen LogP contribution is 2.41. The molecule has 0 atom stereocenters. The van der Waals surface area contributed by atoms with Crippen molar-refractivity contribution in [1.29, 1.82) is 0 Å². The summed E-state index contributed by atoms with van der Waals surface area (Å²) in [4.78, 5) is 32.2. The van der Waals surface area contributed by atoms with E-state index in [9.17, 15) is 14.0 Å². The summed E-state index contributed by atoms with van der Waals surface area (Å²) in [6.45, 7) is 2.45. The van der Waals surface area contributed by atoms with Gasteiger partial charge in [0.1, 0.15) is 10.8 Å². The van der Waals surface area contributed by atoms with Crippen molar-refractivity contribution in [3.05, 3.63) is 77.7 Å². The highest BCUT2D eigenvalue weighted by atomic mass is 32.2. The third-order valence-electron chi connectivity index (χ3n) is 4.58. The van der Waals surface area contributed by atoms with E-state index in [2.05, 4.69) is 10.3 Å². The number of aromatic nitrogens is 1. The van der Waals surface area contributed by atoms with Gasteiger partial charge in [0.2, 0.25) is 5.91 Å². The first-order chi connectivity index (χ1) is 14.0. The second-order valence-electron chi connectivity index (χ2n) is 6.54. The van der Waals surface area contributed by atoms with Gasteiger partial charge in [-0.1, -0.05) is 23.9 Å². The molecule has 1 aliphatic rings. The topological polar surface area (TPSA) is 62.3 Å². The van der Waals surface area contributed by atoms with E-state index in [4.69, 9.17) is 0 Å². The number of benzene rings is 2. The van der Waals surface area contributed by atoms with Gasteiger partial charge in [0.05, 0.1) is 17.7 Å². The SMILES string of the molecule is CCN1C(=O)c2cccnc2Sc2cc(NC(=O)Cc3ccc(F)cc3)ccc21. The first kappa shape index (κ1) is 19.1. The molecular formula is C22H18FN3O2S. The lowest BCUT2D eigenvalue weighted by atomic mass is 10.1. The van der Waals surface area contributed by atoms with E-state index in [0.717, 1.165) is 16.1 Å². The van der Waals surface area contributed by atoms with Crippen LogP contribution in [0.5, 0.6) is 0 Å². The molecule has 0 saturated heterocycles. The summed E-state index contributed by atoms with van der Waals surface area (Å²) in [6.07, 6.45) is 1.81. The molecule has 1 aliphatic heterocycles. The summed E-state index contributed by atoms with van der Waals surface area (Å²) < 4.78 is 13.0. The lowest BCUT2D eigenvalue weighted by Gasteiger charge is -2.21. The fourth-order valence-electron chi connectivity index (χ4n) is 3.20. The van der Waals surface area contributed by atoms with E-state index in [-0.39, 0.29) is 24.1 Å². The number of fused-ring (bicyclic) bond motifs is 2. The summed E-state index contributed by atoms with van der Waals surface area (Å²) in [5.41, 5.74) is 2.72. The molecule has 7 heteroatoms. The van der Waals surface area contributed by atoms with Crippen molar-refractivity contribution >= 4 is 35.0 Å². The third-order valence-corrected chi connectivity index (χ3v) is 5.65.